The number of fused-ring (bicyclic) bond motifs is 1. The van der Waals surface area contributed by atoms with Gasteiger partial charge in [-0.2, -0.15) is 4.52 Å². The molecule has 24 heavy (non-hydrogen) atoms. The second kappa shape index (κ2) is 6.20. The monoisotopic (exact) mass is 363 g/mol. The maximum Gasteiger partial charge on any atom is 0.178 e. The minimum Gasteiger partial charge on any atom is -0.370 e. The summed E-state index contributed by atoms with van der Waals surface area (Å²) in [6.07, 6.45) is -0.0759. The average molecular weight is 364 g/mol. The second-order valence-electron chi connectivity index (χ2n) is 5.69. The fourth-order valence-electron chi connectivity index (χ4n) is 2.83. The molecule has 2 aromatic heterocycles. The molecule has 0 amide bonds. The summed E-state index contributed by atoms with van der Waals surface area (Å²) in [4.78, 5) is 2.19. The van der Waals surface area contributed by atoms with Crippen molar-refractivity contribution in [2.75, 3.05) is 24.6 Å². The normalized spacial score (nSPS) is 18.3. The minimum atomic E-state index is -0.0759. The topological polar surface area (TPSA) is 55.5 Å². The first-order chi connectivity index (χ1) is 11.6. The van der Waals surface area contributed by atoms with Crippen molar-refractivity contribution in [1.29, 1.82) is 0 Å². The lowest BCUT2D eigenvalue weighted by Crippen LogP contribution is -2.39. The van der Waals surface area contributed by atoms with Gasteiger partial charge in [0.1, 0.15) is 11.9 Å². The summed E-state index contributed by atoms with van der Waals surface area (Å²) in [6, 6.07) is 9.49. The summed E-state index contributed by atoms with van der Waals surface area (Å²) in [5.41, 5.74) is 1.75. The number of halogens is 2. The maximum absolute atomic E-state index is 6.13. The van der Waals surface area contributed by atoms with E-state index in [1.807, 2.05) is 31.2 Å². The quantitative estimate of drug-likeness (QED) is 0.698. The lowest BCUT2D eigenvalue weighted by Gasteiger charge is -2.34. The van der Waals surface area contributed by atoms with Crippen LogP contribution in [0.15, 0.2) is 30.3 Å². The molecule has 3 heterocycles. The van der Waals surface area contributed by atoms with Crippen LogP contribution in [0.2, 0.25) is 10.0 Å². The zero-order chi connectivity index (χ0) is 16.7. The van der Waals surface area contributed by atoms with Crippen molar-refractivity contribution in [3.05, 3.63) is 51.8 Å². The predicted octanol–water partition coefficient (Wildman–Crippen LogP) is 3.32. The third-order valence-corrected chi connectivity index (χ3v) is 4.85. The largest absolute Gasteiger partial charge is 0.370 e. The molecular formula is C16H15Cl2N5O. The van der Waals surface area contributed by atoms with Crippen LogP contribution in [-0.4, -0.2) is 39.5 Å². The van der Waals surface area contributed by atoms with Crippen LogP contribution >= 0.6 is 23.2 Å². The third-order valence-electron chi connectivity index (χ3n) is 4.11. The van der Waals surface area contributed by atoms with Gasteiger partial charge in [0, 0.05) is 13.1 Å². The summed E-state index contributed by atoms with van der Waals surface area (Å²) >= 11 is 12.1. The molecule has 124 valence electrons. The zero-order valence-electron chi connectivity index (χ0n) is 13.0. The third kappa shape index (κ3) is 2.81. The Kier molecular flexibility index (Phi) is 4.04. The Bertz CT molecular complexity index is 897. The summed E-state index contributed by atoms with van der Waals surface area (Å²) < 4.78 is 7.65. The van der Waals surface area contributed by atoms with Crippen molar-refractivity contribution in [2.24, 2.45) is 0 Å². The molecule has 3 aromatic rings. The lowest BCUT2D eigenvalue weighted by atomic mass is 10.1. The number of morpholine rings is 1. The molecule has 4 rings (SSSR count). The predicted molar refractivity (Wildman–Crippen MR) is 92.9 cm³/mol. The summed E-state index contributed by atoms with van der Waals surface area (Å²) in [7, 11) is 0. The smallest absolute Gasteiger partial charge is 0.178 e. The van der Waals surface area contributed by atoms with Crippen molar-refractivity contribution in [3.63, 3.8) is 0 Å². The molecule has 1 fully saturated rings. The lowest BCUT2D eigenvalue weighted by molar-refractivity contribution is 0.0394. The average Bonchev–Trinajstić information content (AvgIpc) is 2.98. The van der Waals surface area contributed by atoms with Gasteiger partial charge >= 0.3 is 0 Å². The number of anilines is 1. The van der Waals surface area contributed by atoms with E-state index in [9.17, 15) is 0 Å². The highest BCUT2D eigenvalue weighted by atomic mass is 35.5. The Balaban J connectivity index is 1.61. The van der Waals surface area contributed by atoms with Gasteiger partial charge in [-0.15, -0.1) is 15.3 Å². The molecule has 6 nitrogen and oxygen atoms in total. The molecule has 0 radical (unpaired) electrons. The van der Waals surface area contributed by atoms with Crippen molar-refractivity contribution in [3.8, 4) is 0 Å². The first-order valence-electron chi connectivity index (χ1n) is 7.62. The van der Waals surface area contributed by atoms with E-state index >= 15 is 0 Å². The number of hydrogen-bond donors (Lipinski definition) is 0. The van der Waals surface area contributed by atoms with Gasteiger partial charge in [-0.05, 0) is 36.8 Å². The number of benzene rings is 1. The highest BCUT2D eigenvalue weighted by Crippen LogP contribution is 2.30. The van der Waals surface area contributed by atoms with E-state index in [-0.39, 0.29) is 6.10 Å². The number of aryl methyl sites for hydroxylation is 1. The van der Waals surface area contributed by atoms with Crippen LogP contribution < -0.4 is 4.90 Å². The molecule has 1 atom stereocenters. The van der Waals surface area contributed by atoms with Crippen molar-refractivity contribution in [2.45, 2.75) is 13.0 Å². The van der Waals surface area contributed by atoms with E-state index in [1.54, 1.807) is 10.6 Å². The SMILES string of the molecule is Cc1nnc2ccc(N3CCOC(c4ccc(Cl)c(Cl)c4)C3)nn12. The van der Waals surface area contributed by atoms with Gasteiger partial charge in [0.25, 0.3) is 0 Å². The van der Waals surface area contributed by atoms with Crippen LogP contribution in [-0.2, 0) is 4.74 Å². The number of hydrogen-bond acceptors (Lipinski definition) is 5. The zero-order valence-corrected chi connectivity index (χ0v) is 14.5. The minimum absolute atomic E-state index is 0.0759. The molecule has 1 aliphatic rings. The first-order valence-corrected chi connectivity index (χ1v) is 8.38. The van der Waals surface area contributed by atoms with Gasteiger partial charge in [0.15, 0.2) is 11.5 Å². The summed E-state index contributed by atoms with van der Waals surface area (Å²) in [5, 5.41) is 13.8. The number of nitrogens with zero attached hydrogens (tertiary/aromatic N) is 5. The molecule has 8 heteroatoms. The van der Waals surface area contributed by atoms with Crippen molar-refractivity contribution in [1.82, 2.24) is 19.8 Å². The van der Waals surface area contributed by atoms with Crippen LogP contribution in [0.4, 0.5) is 5.82 Å². The Morgan fingerprint density at radius 1 is 1.12 bits per heavy atom. The van der Waals surface area contributed by atoms with Crippen LogP contribution in [0.1, 0.15) is 17.5 Å². The Hall–Kier alpha value is -1.89. The number of rotatable bonds is 2. The van der Waals surface area contributed by atoms with Gasteiger partial charge in [0.05, 0.1) is 16.7 Å². The fourth-order valence-corrected chi connectivity index (χ4v) is 3.13. The highest BCUT2D eigenvalue weighted by Gasteiger charge is 2.24. The van der Waals surface area contributed by atoms with Gasteiger partial charge in [-0.1, -0.05) is 29.3 Å². The Labute approximate surface area is 149 Å². The maximum atomic E-state index is 6.13. The van der Waals surface area contributed by atoms with E-state index in [0.717, 1.165) is 29.4 Å². The van der Waals surface area contributed by atoms with E-state index in [0.29, 0.717) is 23.2 Å². The molecule has 1 aromatic carbocycles. The Morgan fingerprint density at radius 3 is 2.83 bits per heavy atom. The van der Waals surface area contributed by atoms with Gasteiger partial charge in [0.2, 0.25) is 0 Å². The number of ether oxygens (including phenoxy) is 1. The molecule has 0 spiro atoms. The fraction of sp³-hybridized carbons (Fsp3) is 0.312. The van der Waals surface area contributed by atoms with Gasteiger partial charge in [-0.3, -0.25) is 0 Å². The molecule has 1 unspecified atom stereocenters. The molecule has 0 N–H and O–H groups in total. The second-order valence-corrected chi connectivity index (χ2v) is 6.50. The molecule has 0 saturated carbocycles. The van der Waals surface area contributed by atoms with E-state index in [4.69, 9.17) is 27.9 Å². The van der Waals surface area contributed by atoms with E-state index in [1.165, 1.54) is 0 Å². The van der Waals surface area contributed by atoms with Crippen LogP contribution in [0.25, 0.3) is 5.65 Å². The summed E-state index contributed by atoms with van der Waals surface area (Å²) in [5.74, 6) is 1.64. The van der Waals surface area contributed by atoms with Crippen LogP contribution in [0.3, 0.4) is 0 Å². The van der Waals surface area contributed by atoms with Crippen molar-refractivity contribution >= 4 is 34.7 Å². The molecule has 0 bridgehead atoms. The summed E-state index contributed by atoms with van der Waals surface area (Å²) in [6.45, 7) is 3.97. The van der Waals surface area contributed by atoms with Crippen LogP contribution in [0, 0.1) is 6.92 Å². The van der Waals surface area contributed by atoms with Crippen LogP contribution in [0.5, 0.6) is 0 Å². The number of aromatic nitrogens is 4. The molecular weight excluding hydrogens is 349 g/mol. The standard InChI is InChI=1S/C16H15Cl2N5O/c1-10-19-20-15-4-5-16(21-23(10)15)22-6-7-24-14(9-22)11-2-3-12(17)13(18)8-11/h2-5,8,14H,6-7,9H2,1H3. The van der Waals surface area contributed by atoms with Crippen molar-refractivity contribution < 1.29 is 4.74 Å². The molecule has 1 saturated heterocycles. The highest BCUT2D eigenvalue weighted by molar-refractivity contribution is 6.42. The first kappa shape index (κ1) is 15.6. The van der Waals surface area contributed by atoms with E-state index in [2.05, 4.69) is 20.2 Å². The molecule has 1 aliphatic heterocycles. The molecule has 0 aliphatic carbocycles. The van der Waals surface area contributed by atoms with E-state index < -0.39 is 0 Å². The van der Waals surface area contributed by atoms with Gasteiger partial charge < -0.3 is 9.64 Å². The Morgan fingerprint density at radius 2 is 2.00 bits per heavy atom. The van der Waals surface area contributed by atoms with Gasteiger partial charge in [-0.25, -0.2) is 0 Å².